The number of nitrogens with zero attached hydrogens (tertiary/aromatic N) is 1. The topological polar surface area (TPSA) is 83.1 Å². The summed E-state index contributed by atoms with van der Waals surface area (Å²) in [5, 5.41) is 8.16. The Bertz CT molecular complexity index is 434. The molecule has 0 aliphatic carbocycles. The second-order valence-electron chi connectivity index (χ2n) is 3.76. The van der Waals surface area contributed by atoms with E-state index in [0.717, 1.165) is 0 Å². The van der Waals surface area contributed by atoms with Gasteiger partial charge in [-0.1, -0.05) is 0 Å². The summed E-state index contributed by atoms with van der Waals surface area (Å²) in [4.78, 5) is 27.3. The standard InChI is InChI=1S/C12H18N4O2/c1-4-15-10-7-14-6-5-9(10)12(18)16-8(2)11(17)13-3/h5-8,15H,4H2,1-3H3,(H,13,17)(H,16,18). The molecule has 1 aromatic rings. The van der Waals surface area contributed by atoms with Gasteiger partial charge in [0, 0.05) is 19.8 Å². The molecule has 0 spiro atoms. The van der Waals surface area contributed by atoms with Crippen molar-refractivity contribution in [3.05, 3.63) is 24.0 Å². The maximum absolute atomic E-state index is 12.0. The van der Waals surface area contributed by atoms with E-state index in [-0.39, 0.29) is 11.8 Å². The minimum atomic E-state index is -0.579. The van der Waals surface area contributed by atoms with Crippen LogP contribution in [0.1, 0.15) is 24.2 Å². The highest BCUT2D eigenvalue weighted by atomic mass is 16.2. The summed E-state index contributed by atoms with van der Waals surface area (Å²) in [5.74, 6) is -0.535. The fraction of sp³-hybridized carbons (Fsp3) is 0.417. The summed E-state index contributed by atoms with van der Waals surface area (Å²) in [6, 6.07) is 1.04. The smallest absolute Gasteiger partial charge is 0.254 e. The minimum Gasteiger partial charge on any atom is -0.383 e. The van der Waals surface area contributed by atoms with E-state index in [1.165, 1.54) is 7.05 Å². The van der Waals surface area contributed by atoms with Crippen molar-refractivity contribution in [2.45, 2.75) is 19.9 Å². The maximum Gasteiger partial charge on any atom is 0.254 e. The first-order chi connectivity index (χ1) is 8.60. The molecule has 0 radical (unpaired) electrons. The van der Waals surface area contributed by atoms with Crippen LogP contribution in [0.4, 0.5) is 5.69 Å². The van der Waals surface area contributed by atoms with E-state index in [1.807, 2.05) is 6.92 Å². The van der Waals surface area contributed by atoms with Crippen LogP contribution in [0.15, 0.2) is 18.5 Å². The molecular weight excluding hydrogens is 232 g/mol. The van der Waals surface area contributed by atoms with Crippen LogP contribution in [0.25, 0.3) is 0 Å². The molecule has 98 valence electrons. The Balaban J connectivity index is 2.81. The van der Waals surface area contributed by atoms with Crippen molar-refractivity contribution in [3.8, 4) is 0 Å². The van der Waals surface area contributed by atoms with Gasteiger partial charge in [-0.2, -0.15) is 0 Å². The number of carbonyl (C=O) groups excluding carboxylic acids is 2. The van der Waals surface area contributed by atoms with Crippen LogP contribution in [0.2, 0.25) is 0 Å². The molecule has 6 heteroatoms. The van der Waals surface area contributed by atoms with Crippen LogP contribution in [0.5, 0.6) is 0 Å². The predicted octanol–water partition coefficient (Wildman–Crippen LogP) is 0.378. The quantitative estimate of drug-likeness (QED) is 0.705. The Morgan fingerprint density at radius 3 is 2.78 bits per heavy atom. The van der Waals surface area contributed by atoms with E-state index in [1.54, 1.807) is 25.4 Å². The van der Waals surface area contributed by atoms with E-state index in [4.69, 9.17) is 0 Å². The van der Waals surface area contributed by atoms with Crippen molar-refractivity contribution < 1.29 is 9.59 Å². The molecule has 6 nitrogen and oxygen atoms in total. The van der Waals surface area contributed by atoms with Gasteiger partial charge in [-0.3, -0.25) is 14.6 Å². The molecule has 1 rings (SSSR count). The van der Waals surface area contributed by atoms with E-state index >= 15 is 0 Å². The van der Waals surface area contributed by atoms with Crippen molar-refractivity contribution >= 4 is 17.5 Å². The number of likely N-dealkylation sites (N-methyl/N-ethyl adjacent to an activating group) is 1. The zero-order valence-electron chi connectivity index (χ0n) is 10.8. The van der Waals surface area contributed by atoms with E-state index in [9.17, 15) is 9.59 Å². The van der Waals surface area contributed by atoms with Gasteiger partial charge in [0.15, 0.2) is 0 Å². The Kier molecular flexibility index (Phi) is 5.10. The van der Waals surface area contributed by atoms with Crippen LogP contribution in [-0.2, 0) is 4.79 Å². The van der Waals surface area contributed by atoms with Crippen LogP contribution in [0.3, 0.4) is 0 Å². The number of amides is 2. The number of hydrogen-bond acceptors (Lipinski definition) is 4. The second-order valence-corrected chi connectivity index (χ2v) is 3.76. The van der Waals surface area contributed by atoms with Crippen molar-refractivity contribution in [3.63, 3.8) is 0 Å². The molecular formula is C12H18N4O2. The lowest BCUT2D eigenvalue weighted by molar-refractivity contribution is -0.122. The molecule has 18 heavy (non-hydrogen) atoms. The highest BCUT2D eigenvalue weighted by Gasteiger charge is 2.17. The Morgan fingerprint density at radius 2 is 2.17 bits per heavy atom. The van der Waals surface area contributed by atoms with Gasteiger partial charge in [0.1, 0.15) is 6.04 Å². The summed E-state index contributed by atoms with van der Waals surface area (Å²) in [6.45, 7) is 4.25. The molecule has 0 saturated carbocycles. The third-order valence-corrected chi connectivity index (χ3v) is 2.42. The number of carbonyl (C=O) groups is 2. The van der Waals surface area contributed by atoms with Crippen LogP contribution >= 0.6 is 0 Å². The number of nitrogens with one attached hydrogen (secondary N) is 3. The van der Waals surface area contributed by atoms with E-state index in [0.29, 0.717) is 17.8 Å². The van der Waals surface area contributed by atoms with Gasteiger partial charge in [-0.15, -0.1) is 0 Å². The number of aromatic nitrogens is 1. The number of rotatable bonds is 5. The average molecular weight is 250 g/mol. The molecule has 1 atom stereocenters. The summed E-state index contributed by atoms with van der Waals surface area (Å²) in [6.07, 6.45) is 3.13. The summed E-state index contributed by atoms with van der Waals surface area (Å²) >= 11 is 0. The molecule has 2 amide bonds. The summed E-state index contributed by atoms with van der Waals surface area (Å²) < 4.78 is 0. The first kappa shape index (κ1) is 14.0. The molecule has 1 unspecified atom stereocenters. The second kappa shape index (κ2) is 6.58. The summed E-state index contributed by atoms with van der Waals surface area (Å²) in [5.41, 5.74) is 1.13. The first-order valence-corrected chi connectivity index (χ1v) is 5.80. The van der Waals surface area contributed by atoms with Crippen LogP contribution in [0, 0.1) is 0 Å². The third kappa shape index (κ3) is 3.44. The lowest BCUT2D eigenvalue weighted by atomic mass is 10.2. The molecule has 0 fully saturated rings. The highest BCUT2D eigenvalue weighted by Crippen LogP contribution is 2.12. The van der Waals surface area contributed by atoms with Gasteiger partial charge in [0.05, 0.1) is 17.4 Å². The fourth-order valence-corrected chi connectivity index (χ4v) is 1.48. The monoisotopic (exact) mass is 250 g/mol. The maximum atomic E-state index is 12.0. The van der Waals surface area contributed by atoms with Gasteiger partial charge in [-0.05, 0) is 19.9 Å². The molecule has 3 N–H and O–H groups in total. The van der Waals surface area contributed by atoms with Gasteiger partial charge in [0.2, 0.25) is 5.91 Å². The lowest BCUT2D eigenvalue weighted by Crippen LogP contribution is -2.43. The zero-order valence-corrected chi connectivity index (χ0v) is 10.8. The summed E-state index contributed by atoms with van der Waals surface area (Å²) in [7, 11) is 1.53. The molecule has 1 aromatic heterocycles. The number of pyridine rings is 1. The minimum absolute atomic E-state index is 0.234. The molecule has 0 aliphatic heterocycles. The SMILES string of the molecule is CCNc1cnccc1C(=O)NC(C)C(=O)NC. The predicted molar refractivity (Wildman–Crippen MR) is 69.4 cm³/mol. The molecule has 0 aliphatic rings. The normalized spacial score (nSPS) is 11.5. The first-order valence-electron chi connectivity index (χ1n) is 5.80. The zero-order chi connectivity index (χ0) is 13.5. The molecule has 0 bridgehead atoms. The van der Waals surface area contributed by atoms with E-state index in [2.05, 4.69) is 20.9 Å². The molecule has 1 heterocycles. The largest absolute Gasteiger partial charge is 0.383 e. The number of anilines is 1. The fourth-order valence-electron chi connectivity index (χ4n) is 1.48. The molecule has 0 aromatic carbocycles. The van der Waals surface area contributed by atoms with Crippen molar-refractivity contribution in [2.75, 3.05) is 18.9 Å². The lowest BCUT2D eigenvalue weighted by Gasteiger charge is -2.14. The van der Waals surface area contributed by atoms with Crippen molar-refractivity contribution in [1.29, 1.82) is 0 Å². The Hall–Kier alpha value is -2.11. The van der Waals surface area contributed by atoms with Gasteiger partial charge < -0.3 is 16.0 Å². The highest BCUT2D eigenvalue weighted by molar-refractivity contribution is 6.01. The Morgan fingerprint density at radius 1 is 1.44 bits per heavy atom. The Labute approximate surface area is 106 Å². The van der Waals surface area contributed by atoms with Gasteiger partial charge in [0.25, 0.3) is 5.91 Å². The van der Waals surface area contributed by atoms with Gasteiger partial charge >= 0.3 is 0 Å². The van der Waals surface area contributed by atoms with Crippen molar-refractivity contribution in [2.24, 2.45) is 0 Å². The third-order valence-electron chi connectivity index (χ3n) is 2.42. The number of hydrogen-bond donors (Lipinski definition) is 3. The van der Waals surface area contributed by atoms with Crippen molar-refractivity contribution in [1.82, 2.24) is 15.6 Å². The van der Waals surface area contributed by atoms with Crippen LogP contribution < -0.4 is 16.0 Å². The van der Waals surface area contributed by atoms with Gasteiger partial charge in [-0.25, -0.2) is 0 Å². The van der Waals surface area contributed by atoms with E-state index < -0.39 is 6.04 Å². The van der Waals surface area contributed by atoms with Crippen LogP contribution in [-0.4, -0.2) is 36.4 Å². The average Bonchev–Trinajstić information content (AvgIpc) is 2.38. The molecule has 0 saturated heterocycles.